The molecule has 0 radical (unpaired) electrons. The Bertz CT molecular complexity index is 369. The fourth-order valence-corrected chi connectivity index (χ4v) is 2.18. The van der Waals surface area contributed by atoms with Crippen LogP contribution in [-0.2, 0) is 10.5 Å². The first-order valence-electron chi connectivity index (χ1n) is 5.60. The van der Waals surface area contributed by atoms with Crippen molar-refractivity contribution in [3.63, 3.8) is 0 Å². The van der Waals surface area contributed by atoms with Gasteiger partial charge in [0.15, 0.2) is 0 Å². The molecule has 94 valence electrons. The summed E-state index contributed by atoms with van der Waals surface area (Å²) in [5.41, 5.74) is 1.19. The zero-order chi connectivity index (χ0) is 12.7. The fraction of sp³-hybridized carbons (Fsp3) is 0.500. The van der Waals surface area contributed by atoms with E-state index in [-0.39, 0.29) is 5.91 Å². The van der Waals surface area contributed by atoms with Gasteiger partial charge in [-0.2, -0.15) is 0 Å². The first-order valence-corrected chi connectivity index (χ1v) is 6.75. The third kappa shape index (κ3) is 5.08. The molecule has 0 bridgehead atoms. The minimum Gasteiger partial charge on any atom is -0.370 e. The number of hydrogen-bond acceptors (Lipinski definition) is 4. The Morgan fingerprint density at radius 3 is 2.94 bits per heavy atom. The van der Waals surface area contributed by atoms with Crippen LogP contribution >= 0.6 is 11.8 Å². The van der Waals surface area contributed by atoms with Crippen LogP contribution in [0.25, 0.3) is 0 Å². The van der Waals surface area contributed by atoms with Crippen molar-refractivity contribution in [3.05, 3.63) is 23.9 Å². The molecule has 0 fully saturated rings. The maximum Gasteiger partial charge on any atom is 0.232 e. The molecule has 1 aromatic heterocycles. The zero-order valence-corrected chi connectivity index (χ0v) is 11.4. The van der Waals surface area contributed by atoms with Gasteiger partial charge < -0.3 is 10.2 Å². The van der Waals surface area contributed by atoms with Crippen molar-refractivity contribution < 1.29 is 4.79 Å². The van der Waals surface area contributed by atoms with E-state index in [0.717, 1.165) is 18.1 Å². The molecule has 0 atom stereocenters. The van der Waals surface area contributed by atoms with Crippen LogP contribution in [0.3, 0.4) is 0 Å². The predicted octanol–water partition coefficient (Wildman–Crippen LogP) is 1.83. The molecule has 0 aliphatic rings. The predicted molar refractivity (Wildman–Crippen MR) is 73.3 cm³/mol. The number of nitrogens with one attached hydrogen (secondary N) is 1. The Morgan fingerprint density at radius 2 is 2.29 bits per heavy atom. The normalized spacial score (nSPS) is 10.1. The molecule has 1 aromatic rings. The number of pyridine rings is 1. The van der Waals surface area contributed by atoms with Crippen LogP contribution in [-0.4, -0.2) is 42.2 Å². The number of nitrogens with zero attached hydrogens (tertiary/aromatic N) is 2. The summed E-state index contributed by atoms with van der Waals surface area (Å²) in [7, 11) is 3.55. The molecule has 0 saturated carbocycles. The van der Waals surface area contributed by atoms with Gasteiger partial charge in [-0.05, 0) is 24.6 Å². The molecule has 1 amide bonds. The maximum absolute atomic E-state index is 11.4. The standard InChI is InChI=1S/C12H19N3OS/c1-4-13-11-7-10(5-6-14-11)8-17-9-12(16)15(2)3/h5-7H,4,8-9H2,1-3H3,(H,13,14). The average Bonchev–Trinajstić information content (AvgIpc) is 2.29. The van der Waals surface area contributed by atoms with E-state index in [1.165, 1.54) is 5.56 Å². The molecule has 0 unspecified atom stereocenters. The number of hydrogen-bond donors (Lipinski definition) is 1. The van der Waals surface area contributed by atoms with Crippen LogP contribution in [0.5, 0.6) is 0 Å². The summed E-state index contributed by atoms with van der Waals surface area (Å²) >= 11 is 1.62. The summed E-state index contributed by atoms with van der Waals surface area (Å²) in [6, 6.07) is 4.00. The summed E-state index contributed by atoms with van der Waals surface area (Å²) < 4.78 is 0. The molecule has 0 aromatic carbocycles. The van der Waals surface area contributed by atoms with Gasteiger partial charge in [-0.1, -0.05) is 0 Å². The Hall–Kier alpha value is -1.23. The van der Waals surface area contributed by atoms with E-state index in [0.29, 0.717) is 5.75 Å². The number of amides is 1. The lowest BCUT2D eigenvalue weighted by atomic mass is 10.3. The van der Waals surface area contributed by atoms with Gasteiger partial charge >= 0.3 is 0 Å². The van der Waals surface area contributed by atoms with Gasteiger partial charge in [-0.15, -0.1) is 11.8 Å². The summed E-state index contributed by atoms with van der Waals surface area (Å²) in [6.07, 6.45) is 1.79. The van der Waals surface area contributed by atoms with Crippen LogP contribution in [0.2, 0.25) is 0 Å². The van der Waals surface area contributed by atoms with Crippen molar-refractivity contribution >= 4 is 23.5 Å². The highest BCUT2D eigenvalue weighted by Gasteiger charge is 2.04. The smallest absolute Gasteiger partial charge is 0.232 e. The van der Waals surface area contributed by atoms with E-state index in [2.05, 4.69) is 10.3 Å². The summed E-state index contributed by atoms with van der Waals surface area (Å²) in [5.74, 6) is 2.40. The SMILES string of the molecule is CCNc1cc(CSCC(=O)N(C)C)ccn1. The number of rotatable bonds is 6. The molecule has 5 heteroatoms. The van der Waals surface area contributed by atoms with Crippen LogP contribution in [0.4, 0.5) is 5.82 Å². The van der Waals surface area contributed by atoms with Gasteiger partial charge in [0.25, 0.3) is 0 Å². The molecule has 1 N–H and O–H groups in total. The van der Waals surface area contributed by atoms with Gasteiger partial charge in [0.05, 0.1) is 5.75 Å². The minimum absolute atomic E-state index is 0.149. The van der Waals surface area contributed by atoms with Crippen molar-refractivity contribution in [2.45, 2.75) is 12.7 Å². The van der Waals surface area contributed by atoms with Crippen LogP contribution in [0.15, 0.2) is 18.3 Å². The molecule has 1 heterocycles. The highest BCUT2D eigenvalue weighted by molar-refractivity contribution is 7.99. The molecule has 4 nitrogen and oxygen atoms in total. The maximum atomic E-state index is 11.4. The van der Waals surface area contributed by atoms with Crippen LogP contribution in [0, 0.1) is 0 Å². The van der Waals surface area contributed by atoms with Crippen molar-refractivity contribution in [1.82, 2.24) is 9.88 Å². The van der Waals surface area contributed by atoms with Crippen molar-refractivity contribution in [1.29, 1.82) is 0 Å². The Labute approximate surface area is 107 Å². The second kappa shape index (κ2) is 7.17. The average molecular weight is 253 g/mol. The van der Waals surface area contributed by atoms with Crippen molar-refractivity contribution in [3.8, 4) is 0 Å². The van der Waals surface area contributed by atoms with Gasteiger partial charge in [-0.3, -0.25) is 4.79 Å². The van der Waals surface area contributed by atoms with Crippen molar-refractivity contribution in [2.75, 3.05) is 31.7 Å². The highest BCUT2D eigenvalue weighted by Crippen LogP contribution is 2.14. The number of carbonyl (C=O) groups is 1. The number of carbonyl (C=O) groups excluding carboxylic acids is 1. The van der Waals surface area contributed by atoms with E-state index in [4.69, 9.17) is 0 Å². The van der Waals surface area contributed by atoms with Gasteiger partial charge in [-0.25, -0.2) is 4.98 Å². The van der Waals surface area contributed by atoms with E-state index in [1.807, 2.05) is 19.1 Å². The lowest BCUT2D eigenvalue weighted by Gasteiger charge is -2.09. The molecular formula is C12H19N3OS. The molecule has 0 spiro atoms. The lowest BCUT2D eigenvalue weighted by molar-refractivity contribution is -0.125. The number of aromatic nitrogens is 1. The topological polar surface area (TPSA) is 45.2 Å². The number of anilines is 1. The fourth-order valence-electron chi connectivity index (χ4n) is 1.23. The molecule has 17 heavy (non-hydrogen) atoms. The minimum atomic E-state index is 0.149. The Balaban J connectivity index is 2.41. The van der Waals surface area contributed by atoms with Gasteiger partial charge in [0.2, 0.25) is 5.91 Å². The molecule has 0 saturated heterocycles. The first kappa shape index (κ1) is 13.8. The monoisotopic (exact) mass is 253 g/mol. The second-order valence-electron chi connectivity index (χ2n) is 3.86. The van der Waals surface area contributed by atoms with E-state index < -0.39 is 0 Å². The second-order valence-corrected chi connectivity index (χ2v) is 4.85. The van der Waals surface area contributed by atoms with Crippen molar-refractivity contribution in [2.24, 2.45) is 0 Å². The van der Waals surface area contributed by atoms with Gasteiger partial charge in [0.1, 0.15) is 5.82 Å². The highest BCUT2D eigenvalue weighted by atomic mass is 32.2. The van der Waals surface area contributed by atoms with Crippen LogP contribution in [0.1, 0.15) is 12.5 Å². The molecular weight excluding hydrogens is 234 g/mol. The summed E-state index contributed by atoms with van der Waals surface area (Å²) in [5, 5.41) is 3.17. The third-order valence-electron chi connectivity index (χ3n) is 2.18. The summed E-state index contributed by atoms with van der Waals surface area (Å²) in [4.78, 5) is 17.2. The van der Waals surface area contributed by atoms with E-state index >= 15 is 0 Å². The Morgan fingerprint density at radius 1 is 1.53 bits per heavy atom. The van der Waals surface area contributed by atoms with Gasteiger partial charge in [0, 0.05) is 32.6 Å². The number of thioether (sulfide) groups is 1. The third-order valence-corrected chi connectivity index (χ3v) is 3.16. The first-order chi connectivity index (χ1) is 8.13. The quantitative estimate of drug-likeness (QED) is 0.840. The summed E-state index contributed by atoms with van der Waals surface area (Å²) in [6.45, 7) is 2.90. The largest absolute Gasteiger partial charge is 0.370 e. The Kier molecular flexibility index (Phi) is 5.83. The lowest BCUT2D eigenvalue weighted by Crippen LogP contribution is -2.23. The molecule has 0 aliphatic heterocycles. The zero-order valence-electron chi connectivity index (χ0n) is 10.6. The molecule has 0 aliphatic carbocycles. The van der Waals surface area contributed by atoms with E-state index in [1.54, 1.807) is 37.0 Å². The van der Waals surface area contributed by atoms with Crippen LogP contribution < -0.4 is 5.32 Å². The molecule has 1 rings (SSSR count). The van der Waals surface area contributed by atoms with E-state index in [9.17, 15) is 4.79 Å².